The van der Waals surface area contributed by atoms with E-state index >= 15 is 0 Å². The lowest BCUT2D eigenvalue weighted by Gasteiger charge is -2.24. The SMILES string of the molecule is C=C(C)C(=O)O[C@@H](C)[C@H](O)[C@@H](O)[C@@H](O)C=O. The summed E-state index contributed by atoms with van der Waals surface area (Å²) in [6, 6.07) is 0. The molecule has 4 atom stereocenters. The van der Waals surface area contributed by atoms with Gasteiger partial charge in [-0.1, -0.05) is 6.58 Å². The number of esters is 1. The van der Waals surface area contributed by atoms with Gasteiger partial charge < -0.3 is 24.9 Å². The van der Waals surface area contributed by atoms with Crippen LogP contribution in [0.2, 0.25) is 0 Å². The highest BCUT2D eigenvalue weighted by molar-refractivity contribution is 5.87. The van der Waals surface area contributed by atoms with Gasteiger partial charge in [-0.3, -0.25) is 0 Å². The summed E-state index contributed by atoms with van der Waals surface area (Å²) in [5.41, 5.74) is 0.143. The summed E-state index contributed by atoms with van der Waals surface area (Å²) in [4.78, 5) is 21.2. The van der Waals surface area contributed by atoms with Crippen molar-refractivity contribution in [3.63, 3.8) is 0 Å². The third kappa shape index (κ3) is 4.09. The Morgan fingerprint density at radius 2 is 1.81 bits per heavy atom. The third-order valence-corrected chi connectivity index (χ3v) is 1.96. The molecule has 92 valence electrons. The summed E-state index contributed by atoms with van der Waals surface area (Å²) < 4.78 is 4.71. The van der Waals surface area contributed by atoms with Crippen LogP contribution in [0.4, 0.5) is 0 Å². The second-order valence-electron chi connectivity index (χ2n) is 3.50. The Morgan fingerprint density at radius 1 is 1.31 bits per heavy atom. The van der Waals surface area contributed by atoms with Crippen LogP contribution < -0.4 is 0 Å². The van der Waals surface area contributed by atoms with Gasteiger partial charge in [-0.15, -0.1) is 0 Å². The first-order valence-corrected chi connectivity index (χ1v) is 4.67. The minimum Gasteiger partial charge on any atom is -0.456 e. The second-order valence-corrected chi connectivity index (χ2v) is 3.50. The van der Waals surface area contributed by atoms with Crippen molar-refractivity contribution < 1.29 is 29.6 Å². The van der Waals surface area contributed by atoms with Crippen molar-refractivity contribution in [3.8, 4) is 0 Å². The van der Waals surface area contributed by atoms with Gasteiger partial charge in [0, 0.05) is 5.57 Å². The van der Waals surface area contributed by atoms with E-state index in [4.69, 9.17) is 9.84 Å². The molecule has 0 amide bonds. The molecule has 0 bridgehead atoms. The molecular formula is C10H16O6. The molecule has 0 saturated heterocycles. The Hall–Kier alpha value is -1.24. The zero-order valence-corrected chi connectivity index (χ0v) is 9.16. The molecule has 6 heteroatoms. The van der Waals surface area contributed by atoms with Gasteiger partial charge in [0.1, 0.15) is 24.4 Å². The first-order valence-electron chi connectivity index (χ1n) is 4.67. The largest absolute Gasteiger partial charge is 0.456 e. The van der Waals surface area contributed by atoms with Crippen LogP contribution in [-0.2, 0) is 14.3 Å². The monoisotopic (exact) mass is 232 g/mol. The number of aliphatic hydroxyl groups excluding tert-OH is 3. The highest BCUT2D eigenvalue weighted by Crippen LogP contribution is 2.08. The molecule has 0 aromatic heterocycles. The van der Waals surface area contributed by atoms with Gasteiger partial charge in [0.15, 0.2) is 6.29 Å². The molecule has 0 heterocycles. The van der Waals surface area contributed by atoms with Gasteiger partial charge in [-0.2, -0.15) is 0 Å². The number of aliphatic hydroxyl groups is 3. The van der Waals surface area contributed by atoms with E-state index in [-0.39, 0.29) is 11.9 Å². The van der Waals surface area contributed by atoms with Crippen molar-refractivity contribution in [1.29, 1.82) is 0 Å². The molecule has 0 aliphatic heterocycles. The lowest BCUT2D eigenvalue weighted by molar-refractivity contribution is -0.158. The Labute approximate surface area is 93.2 Å². The summed E-state index contributed by atoms with van der Waals surface area (Å²) in [6.07, 6.45) is -5.95. The average Bonchev–Trinajstić information content (AvgIpc) is 2.25. The normalized spacial score (nSPS) is 18.1. The van der Waals surface area contributed by atoms with Crippen LogP contribution in [0.15, 0.2) is 12.2 Å². The minimum absolute atomic E-state index is 0.0845. The van der Waals surface area contributed by atoms with Crippen LogP contribution in [0.25, 0.3) is 0 Å². The molecule has 0 spiro atoms. The molecule has 0 aromatic carbocycles. The summed E-state index contributed by atoms with van der Waals surface area (Å²) >= 11 is 0. The Balaban J connectivity index is 4.38. The predicted molar refractivity (Wildman–Crippen MR) is 54.5 cm³/mol. The van der Waals surface area contributed by atoms with Crippen LogP contribution in [0.1, 0.15) is 13.8 Å². The zero-order chi connectivity index (χ0) is 12.9. The average molecular weight is 232 g/mol. The first kappa shape index (κ1) is 14.8. The summed E-state index contributed by atoms with van der Waals surface area (Å²) in [7, 11) is 0. The van der Waals surface area contributed by atoms with Crippen molar-refractivity contribution in [2.75, 3.05) is 0 Å². The third-order valence-electron chi connectivity index (χ3n) is 1.96. The van der Waals surface area contributed by atoms with Crippen molar-refractivity contribution in [2.24, 2.45) is 0 Å². The molecule has 0 rings (SSSR count). The fourth-order valence-electron chi connectivity index (χ4n) is 0.899. The van der Waals surface area contributed by atoms with E-state index in [1.54, 1.807) is 0 Å². The van der Waals surface area contributed by atoms with Crippen LogP contribution in [0.3, 0.4) is 0 Å². The Kier molecular flexibility index (Phi) is 5.87. The van der Waals surface area contributed by atoms with Gasteiger partial charge in [0.05, 0.1) is 0 Å². The van der Waals surface area contributed by atoms with E-state index in [0.717, 1.165) is 0 Å². The molecule has 0 aliphatic rings. The lowest BCUT2D eigenvalue weighted by Crippen LogP contribution is -2.45. The van der Waals surface area contributed by atoms with Crippen LogP contribution >= 0.6 is 0 Å². The van der Waals surface area contributed by atoms with Crippen molar-refractivity contribution in [3.05, 3.63) is 12.2 Å². The van der Waals surface area contributed by atoms with Crippen molar-refractivity contribution >= 4 is 12.3 Å². The molecule has 0 fully saturated rings. The molecule has 0 unspecified atom stereocenters. The quantitative estimate of drug-likeness (QED) is 0.301. The summed E-state index contributed by atoms with van der Waals surface area (Å²) in [5.74, 6) is -0.723. The maximum atomic E-state index is 11.1. The molecule has 16 heavy (non-hydrogen) atoms. The van der Waals surface area contributed by atoms with Gasteiger partial charge in [0.2, 0.25) is 0 Å². The van der Waals surface area contributed by atoms with Gasteiger partial charge >= 0.3 is 5.97 Å². The van der Waals surface area contributed by atoms with E-state index in [1.165, 1.54) is 13.8 Å². The number of carbonyl (C=O) groups is 2. The van der Waals surface area contributed by atoms with Crippen molar-refractivity contribution in [2.45, 2.75) is 38.3 Å². The number of hydrogen-bond donors (Lipinski definition) is 3. The van der Waals surface area contributed by atoms with Crippen LogP contribution in [-0.4, -0.2) is 52.0 Å². The highest BCUT2D eigenvalue weighted by atomic mass is 16.6. The Bertz CT molecular complexity index is 274. The van der Waals surface area contributed by atoms with E-state index in [1.807, 2.05) is 0 Å². The number of carbonyl (C=O) groups excluding carboxylic acids is 2. The maximum absolute atomic E-state index is 11.1. The Morgan fingerprint density at radius 3 is 2.19 bits per heavy atom. The van der Waals surface area contributed by atoms with E-state index < -0.39 is 30.4 Å². The highest BCUT2D eigenvalue weighted by Gasteiger charge is 2.30. The molecule has 3 N–H and O–H groups in total. The lowest BCUT2D eigenvalue weighted by atomic mass is 10.0. The molecule has 0 aliphatic carbocycles. The van der Waals surface area contributed by atoms with Gasteiger partial charge in [0.25, 0.3) is 0 Å². The molecule has 0 aromatic rings. The summed E-state index contributed by atoms with van der Waals surface area (Å²) in [5, 5.41) is 27.7. The van der Waals surface area contributed by atoms with Crippen LogP contribution in [0.5, 0.6) is 0 Å². The zero-order valence-electron chi connectivity index (χ0n) is 9.16. The van der Waals surface area contributed by atoms with E-state index in [0.29, 0.717) is 0 Å². The van der Waals surface area contributed by atoms with Crippen molar-refractivity contribution in [1.82, 2.24) is 0 Å². The van der Waals surface area contributed by atoms with Crippen LogP contribution in [0, 0.1) is 0 Å². The number of rotatable bonds is 6. The molecule has 0 radical (unpaired) electrons. The number of hydrogen-bond acceptors (Lipinski definition) is 6. The topological polar surface area (TPSA) is 104 Å². The number of ether oxygens (including phenoxy) is 1. The van der Waals surface area contributed by atoms with Gasteiger partial charge in [-0.05, 0) is 13.8 Å². The first-order chi connectivity index (χ1) is 7.31. The smallest absolute Gasteiger partial charge is 0.333 e. The van der Waals surface area contributed by atoms with E-state index in [9.17, 15) is 19.8 Å². The fourth-order valence-corrected chi connectivity index (χ4v) is 0.899. The minimum atomic E-state index is -1.72. The maximum Gasteiger partial charge on any atom is 0.333 e. The second kappa shape index (κ2) is 6.37. The molecule has 0 saturated carbocycles. The predicted octanol–water partition coefficient (Wildman–Crippen LogP) is -1.22. The van der Waals surface area contributed by atoms with Gasteiger partial charge in [-0.25, -0.2) is 4.79 Å². The summed E-state index contributed by atoms with van der Waals surface area (Å²) in [6.45, 7) is 6.09. The van der Waals surface area contributed by atoms with E-state index in [2.05, 4.69) is 6.58 Å². The standard InChI is InChI=1S/C10H16O6/c1-5(2)10(15)16-6(3)8(13)9(14)7(12)4-11/h4,6-9,12-14H,1H2,2-3H3/t6-,7-,8-,9-/m0/s1. The molecular weight excluding hydrogens is 216 g/mol. The fraction of sp³-hybridized carbons (Fsp3) is 0.600. The molecule has 6 nitrogen and oxygen atoms in total. The number of aldehydes is 1.